The molecule has 2 aliphatic rings. The standard InChI is InChI=1S/C23H29F3N4O4/c1-32-9-6-27-20-15-34-21(28-20)18-12-17(16-2-4-19(5-3-16)23(24,25)26)13-30(14-18)22(31)29-7-10-33-11-8-29/h2-5,15,17-18,27H,6-14H2,1H3. The third-order valence-corrected chi connectivity index (χ3v) is 6.20. The van der Waals surface area contributed by atoms with Gasteiger partial charge in [0.1, 0.15) is 6.26 Å². The van der Waals surface area contributed by atoms with Gasteiger partial charge in [0, 0.05) is 45.8 Å². The van der Waals surface area contributed by atoms with E-state index in [0.717, 1.165) is 17.7 Å². The molecule has 2 fully saturated rings. The number of halogens is 3. The Hall–Kier alpha value is -2.79. The molecule has 1 aromatic carbocycles. The minimum absolute atomic E-state index is 0.102. The van der Waals surface area contributed by atoms with Crippen LogP contribution in [0.5, 0.6) is 0 Å². The molecule has 0 radical (unpaired) electrons. The van der Waals surface area contributed by atoms with Gasteiger partial charge in [-0.1, -0.05) is 12.1 Å². The zero-order chi connectivity index (χ0) is 24.1. The van der Waals surface area contributed by atoms with Crippen LogP contribution < -0.4 is 5.32 Å². The van der Waals surface area contributed by atoms with Crippen molar-refractivity contribution in [1.82, 2.24) is 14.8 Å². The van der Waals surface area contributed by atoms with Crippen molar-refractivity contribution in [1.29, 1.82) is 0 Å². The normalized spacial score (nSPS) is 21.5. The quantitative estimate of drug-likeness (QED) is 0.632. The number of morpholine rings is 1. The lowest BCUT2D eigenvalue weighted by Crippen LogP contribution is -2.52. The van der Waals surface area contributed by atoms with Gasteiger partial charge in [-0.15, -0.1) is 0 Å². The molecule has 4 rings (SSSR count). The summed E-state index contributed by atoms with van der Waals surface area (Å²) < 4.78 is 55.2. The third-order valence-electron chi connectivity index (χ3n) is 6.20. The van der Waals surface area contributed by atoms with E-state index in [1.54, 1.807) is 16.9 Å². The summed E-state index contributed by atoms with van der Waals surface area (Å²) in [5, 5.41) is 3.11. The second-order valence-corrected chi connectivity index (χ2v) is 8.53. The number of hydrogen-bond acceptors (Lipinski definition) is 6. The molecule has 2 amide bonds. The highest BCUT2D eigenvalue weighted by atomic mass is 19.4. The van der Waals surface area contributed by atoms with Crippen molar-refractivity contribution in [2.75, 3.05) is 65.0 Å². The van der Waals surface area contributed by atoms with Gasteiger partial charge in [0.25, 0.3) is 0 Å². The van der Waals surface area contributed by atoms with E-state index in [4.69, 9.17) is 13.9 Å². The maximum absolute atomic E-state index is 13.2. The van der Waals surface area contributed by atoms with Crippen LogP contribution >= 0.6 is 0 Å². The molecule has 2 aliphatic heterocycles. The molecule has 2 unspecified atom stereocenters. The van der Waals surface area contributed by atoms with Gasteiger partial charge in [-0.25, -0.2) is 4.79 Å². The molecule has 0 saturated carbocycles. The van der Waals surface area contributed by atoms with Crippen molar-refractivity contribution in [3.8, 4) is 0 Å². The SMILES string of the molecule is COCCNc1coc(C2CC(c3ccc(C(F)(F)F)cc3)CN(C(=O)N3CCOCC3)C2)n1. The van der Waals surface area contributed by atoms with E-state index >= 15 is 0 Å². The summed E-state index contributed by atoms with van der Waals surface area (Å²) in [5.41, 5.74) is 0.0619. The van der Waals surface area contributed by atoms with E-state index in [1.165, 1.54) is 18.4 Å². The van der Waals surface area contributed by atoms with Crippen molar-refractivity contribution in [2.24, 2.45) is 0 Å². The number of hydrogen-bond donors (Lipinski definition) is 1. The van der Waals surface area contributed by atoms with E-state index in [9.17, 15) is 18.0 Å². The van der Waals surface area contributed by atoms with Crippen LogP contribution in [0.25, 0.3) is 0 Å². The molecule has 8 nitrogen and oxygen atoms in total. The molecule has 0 aliphatic carbocycles. The average molecular weight is 483 g/mol. The fraction of sp³-hybridized carbons (Fsp3) is 0.565. The van der Waals surface area contributed by atoms with Crippen molar-refractivity contribution in [3.63, 3.8) is 0 Å². The van der Waals surface area contributed by atoms with Gasteiger partial charge in [0.15, 0.2) is 5.82 Å². The van der Waals surface area contributed by atoms with E-state index < -0.39 is 11.7 Å². The molecule has 2 saturated heterocycles. The molecule has 2 aromatic rings. The van der Waals surface area contributed by atoms with Gasteiger partial charge in [-0.3, -0.25) is 0 Å². The first-order chi connectivity index (χ1) is 16.3. The lowest BCUT2D eigenvalue weighted by Gasteiger charge is -2.40. The van der Waals surface area contributed by atoms with Gasteiger partial charge in [0.2, 0.25) is 5.89 Å². The maximum Gasteiger partial charge on any atom is 0.416 e. The number of carbonyl (C=O) groups is 1. The number of methoxy groups -OCH3 is 1. The Morgan fingerprint density at radius 1 is 1.15 bits per heavy atom. The summed E-state index contributed by atoms with van der Waals surface area (Å²) in [5.74, 6) is 0.734. The zero-order valence-corrected chi connectivity index (χ0v) is 19.0. The molecule has 186 valence electrons. The topological polar surface area (TPSA) is 80.1 Å². The van der Waals surface area contributed by atoms with Gasteiger partial charge < -0.3 is 29.0 Å². The zero-order valence-electron chi connectivity index (χ0n) is 19.0. The number of likely N-dealkylation sites (tertiary alicyclic amines) is 1. The number of oxazole rings is 1. The average Bonchev–Trinajstić information content (AvgIpc) is 3.33. The van der Waals surface area contributed by atoms with Crippen molar-refractivity contribution in [2.45, 2.75) is 24.4 Å². The van der Waals surface area contributed by atoms with Crippen LogP contribution in [0.4, 0.5) is 23.8 Å². The highest BCUT2D eigenvalue weighted by Gasteiger charge is 2.37. The van der Waals surface area contributed by atoms with Gasteiger partial charge >= 0.3 is 12.2 Å². The molecule has 34 heavy (non-hydrogen) atoms. The minimum atomic E-state index is -4.39. The summed E-state index contributed by atoms with van der Waals surface area (Å²) in [6, 6.07) is 5.09. The van der Waals surface area contributed by atoms with Crippen LogP contribution in [-0.2, 0) is 15.7 Å². The molecule has 11 heteroatoms. The van der Waals surface area contributed by atoms with Gasteiger partial charge in [0.05, 0.1) is 31.3 Å². The van der Waals surface area contributed by atoms with E-state index in [-0.39, 0.29) is 17.9 Å². The fourth-order valence-electron chi connectivity index (χ4n) is 4.41. The maximum atomic E-state index is 13.2. The van der Waals surface area contributed by atoms with Gasteiger partial charge in [-0.05, 0) is 24.1 Å². The second kappa shape index (κ2) is 10.6. The van der Waals surface area contributed by atoms with Crippen molar-refractivity contribution < 1.29 is 31.9 Å². The third kappa shape index (κ3) is 5.82. The Balaban J connectivity index is 1.54. The summed E-state index contributed by atoms with van der Waals surface area (Å²) in [6.07, 6.45) is -2.26. The monoisotopic (exact) mass is 482 g/mol. The first-order valence-electron chi connectivity index (χ1n) is 11.3. The number of benzene rings is 1. The predicted octanol–water partition coefficient (Wildman–Crippen LogP) is 3.78. The van der Waals surface area contributed by atoms with Crippen LogP contribution in [0, 0.1) is 0 Å². The Bertz CT molecular complexity index is 944. The molecule has 3 heterocycles. The largest absolute Gasteiger partial charge is 0.446 e. The Morgan fingerprint density at radius 2 is 1.85 bits per heavy atom. The first kappa shape index (κ1) is 24.3. The number of ether oxygens (including phenoxy) is 2. The van der Waals surface area contributed by atoms with E-state index in [2.05, 4.69) is 10.3 Å². The molecular weight excluding hydrogens is 453 g/mol. The lowest BCUT2D eigenvalue weighted by molar-refractivity contribution is -0.137. The summed E-state index contributed by atoms with van der Waals surface area (Å²) in [6.45, 7) is 3.92. The highest BCUT2D eigenvalue weighted by Crippen LogP contribution is 2.37. The second-order valence-electron chi connectivity index (χ2n) is 8.53. The first-order valence-corrected chi connectivity index (χ1v) is 11.3. The summed E-state index contributed by atoms with van der Waals surface area (Å²) in [4.78, 5) is 21.3. The number of amides is 2. The predicted molar refractivity (Wildman–Crippen MR) is 118 cm³/mol. The van der Waals surface area contributed by atoms with Crippen molar-refractivity contribution >= 4 is 11.8 Å². The fourth-order valence-corrected chi connectivity index (χ4v) is 4.41. The van der Waals surface area contributed by atoms with E-state index in [1.807, 2.05) is 0 Å². The number of rotatable bonds is 6. The number of carbonyl (C=O) groups excluding carboxylic acids is 1. The molecule has 0 bridgehead atoms. The number of anilines is 1. The number of nitrogens with one attached hydrogen (secondary N) is 1. The van der Waals surface area contributed by atoms with Gasteiger partial charge in [-0.2, -0.15) is 18.2 Å². The van der Waals surface area contributed by atoms with Crippen LogP contribution in [0.15, 0.2) is 34.9 Å². The summed E-state index contributed by atoms with van der Waals surface area (Å²) >= 11 is 0. The Morgan fingerprint density at radius 3 is 2.53 bits per heavy atom. The smallest absolute Gasteiger partial charge is 0.416 e. The van der Waals surface area contributed by atoms with Crippen LogP contribution in [0.3, 0.4) is 0 Å². The van der Waals surface area contributed by atoms with Crippen LogP contribution in [-0.4, -0.2) is 80.5 Å². The highest BCUT2D eigenvalue weighted by molar-refractivity contribution is 5.75. The number of alkyl halides is 3. The molecule has 2 atom stereocenters. The van der Waals surface area contributed by atoms with Crippen LogP contribution in [0.2, 0.25) is 0 Å². The molecule has 1 N–H and O–H groups in total. The minimum Gasteiger partial charge on any atom is -0.446 e. The molecule has 1 aromatic heterocycles. The Labute approximate surface area is 196 Å². The number of piperidine rings is 1. The Kier molecular flexibility index (Phi) is 7.62. The van der Waals surface area contributed by atoms with Crippen molar-refractivity contribution in [3.05, 3.63) is 47.5 Å². The number of urea groups is 1. The lowest BCUT2D eigenvalue weighted by atomic mass is 9.84. The molecule has 0 spiro atoms. The van der Waals surface area contributed by atoms with E-state index in [0.29, 0.717) is 70.7 Å². The number of aromatic nitrogens is 1. The number of nitrogens with zero attached hydrogens (tertiary/aromatic N) is 3. The van der Waals surface area contributed by atoms with Crippen LogP contribution in [0.1, 0.15) is 35.3 Å². The summed E-state index contributed by atoms with van der Waals surface area (Å²) in [7, 11) is 1.61. The molecular formula is C23H29F3N4O4.